The number of carbonyl (C=O) groups excluding carboxylic acids is 1. The predicted octanol–water partition coefficient (Wildman–Crippen LogP) is 1.43. The number of hydrogen-bond donors (Lipinski definition) is 1. The van der Waals surface area contributed by atoms with Gasteiger partial charge in [-0.25, -0.2) is 13.8 Å². The summed E-state index contributed by atoms with van der Waals surface area (Å²) in [5.41, 5.74) is 4.21. The molecule has 0 unspecified atom stereocenters. The van der Waals surface area contributed by atoms with Crippen molar-refractivity contribution in [3.63, 3.8) is 0 Å². The molecule has 1 rings (SSSR count). The smallest absolute Gasteiger partial charge is 0.268 e. The number of alkyl halides is 2. The Morgan fingerprint density at radius 2 is 2.21 bits per heavy atom. The molecule has 0 radical (unpaired) electrons. The molecular weight excluding hydrogens is 197 g/mol. The molecule has 1 heterocycles. The molecule has 1 aromatic rings. The second-order valence-electron chi connectivity index (χ2n) is 2.54. The summed E-state index contributed by atoms with van der Waals surface area (Å²) in [4.78, 5) is 13.4. The largest absolute Gasteiger partial charge is 0.326 e. The Balaban J connectivity index is 3.30. The molecule has 0 amide bonds. The van der Waals surface area contributed by atoms with Crippen LogP contribution in [0.15, 0.2) is 6.07 Å². The Hall–Kier alpha value is -1.43. The SMILES string of the molecule is NCc1cc(C(F)F)c(F)nc1C=O. The summed E-state index contributed by atoms with van der Waals surface area (Å²) in [5.74, 6) is -1.33. The first kappa shape index (κ1) is 10.6. The maximum absolute atomic E-state index is 12.8. The van der Waals surface area contributed by atoms with Crippen LogP contribution in [0.1, 0.15) is 28.0 Å². The zero-order chi connectivity index (χ0) is 10.7. The van der Waals surface area contributed by atoms with Crippen LogP contribution < -0.4 is 5.73 Å². The Labute approximate surface area is 77.7 Å². The molecule has 0 aliphatic rings. The van der Waals surface area contributed by atoms with Crippen molar-refractivity contribution in [2.45, 2.75) is 13.0 Å². The number of halogens is 3. The van der Waals surface area contributed by atoms with Gasteiger partial charge in [-0.15, -0.1) is 0 Å². The monoisotopic (exact) mass is 204 g/mol. The number of carbonyl (C=O) groups is 1. The van der Waals surface area contributed by atoms with Gasteiger partial charge in [-0.2, -0.15) is 4.39 Å². The van der Waals surface area contributed by atoms with Crippen molar-refractivity contribution in [1.29, 1.82) is 0 Å². The number of pyridine rings is 1. The fourth-order valence-electron chi connectivity index (χ4n) is 0.982. The maximum Gasteiger partial charge on any atom is 0.268 e. The van der Waals surface area contributed by atoms with Crippen molar-refractivity contribution < 1.29 is 18.0 Å². The topological polar surface area (TPSA) is 56.0 Å². The molecule has 0 aliphatic carbocycles. The average Bonchev–Trinajstić information content (AvgIpc) is 2.16. The van der Waals surface area contributed by atoms with Gasteiger partial charge in [0.05, 0.1) is 5.56 Å². The van der Waals surface area contributed by atoms with Crippen LogP contribution >= 0.6 is 0 Å². The third-order valence-electron chi connectivity index (χ3n) is 1.68. The van der Waals surface area contributed by atoms with E-state index in [1.807, 2.05) is 0 Å². The number of hydrogen-bond acceptors (Lipinski definition) is 3. The van der Waals surface area contributed by atoms with Crippen molar-refractivity contribution in [1.82, 2.24) is 4.98 Å². The number of aromatic nitrogens is 1. The van der Waals surface area contributed by atoms with E-state index in [-0.39, 0.29) is 24.1 Å². The van der Waals surface area contributed by atoms with Crippen molar-refractivity contribution >= 4 is 6.29 Å². The lowest BCUT2D eigenvalue weighted by atomic mass is 10.1. The van der Waals surface area contributed by atoms with Gasteiger partial charge in [0, 0.05) is 6.54 Å². The first-order chi connectivity index (χ1) is 6.60. The summed E-state index contributed by atoms with van der Waals surface area (Å²) >= 11 is 0. The Bertz CT molecular complexity index is 355. The zero-order valence-corrected chi connectivity index (χ0v) is 7.01. The fourth-order valence-corrected chi connectivity index (χ4v) is 0.982. The maximum atomic E-state index is 12.8. The highest BCUT2D eigenvalue weighted by molar-refractivity contribution is 5.74. The van der Waals surface area contributed by atoms with E-state index in [2.05, 4.69) is 4.98 Å². The molecule has 76 valence electrons. The van der Waals surface area contributed by atoms with Gasteiger partial charge >= 0.3 is 0 Å². The molecule has 1 aromatic heterocycles. The molecule has 0 aliphatic heterocycles. The van der Waals surface area contributed by atoms with Crippen molar-refractivity contribution in [2.75, 3.05) is 0 Å². The molecule has 0 atom stereocenters. The van der Waals surface area contributed by atoms with Gasteiger partial charge in [0.25, 0.3) is 6.43 Å². The van der Waals surface area contributed by atoms with Gasteiger partial charge in [-0.1, -0.05) is 0 Å². The van der Waals surface area contributed by atoms with E-state index >= 15 is 0 Å². The van der Waals surface area contributed by atoms with Crippen molar-refractivity contribution in [2.24, 2.45) is 5.73 Å². The van der Waals surface area contributed by atoms with Crippen LogP contribution in [0.4, 0.5) is 13.2 Å². The molecule has 0 bridgehead atoms. The lowest BCUT2D eigenvalue weighted by Crippen LogP contribution is -2.07. The van der Waals surface area contributed by atoms with Crippen LogP contribution in [0.2, 0.25) is 0 Å². The second-order valence-corrected chi connectivity index (χ2v) is 2.54. The van der Waals surface area contributed by atoms with Gasteiger partial charge in [0.15, 0.2) is 6.29 Å². The lowest BCUT2D eigenvalue weighted by Gasteiger charge is -2.05. The number of nitrogens with zero attached hydrogens (tertiary/aromatic N) is 1. The van der Waals surface area contributed by atoms with E-state index in [1.54, 1.807) is 0 Å². The van der Waals surface area contributed by atoms with E-state index in [0.717, 1.165) is 6.07 Å². The first-order valence-corrected chi connectivity index (χ1v) is 3.72. The van der Waals surface area contributed by atoms with Crippen molar-refractivity contribution in [3.8, 4) is 0 Å². The third-order valence-corrected chi connectivity index (χ3v) is 1.68. The summed E-state index contributed by atoms with van der Waals surface area (Å²) in [7, 11) is 0. The Morgan fingerprint density at radius 3 is 2.64 bits per heavy atom. The molecule has 0 saturated carbocycles. The van der Waals surface area contributed by atoms with Gasteiger partial charge in [-0.3, -0.25) is 4.79 Å². The summed E-state index contributed by atoms with van der Waals surface area (Å²) in [6.07, 6.45) is -2.69. The minimum absolute atomic E-state index is 0.108. The normalized spacial score (nSPS) is 10.6. The van der Waals surface area contributed by atoms with Crippen LogP contribution in [-0.2, 0) is 6.54 Å². The molecule has 0 saturated heterocycles. The van der Waals surface area contributed by atoms with E-state index < -0.39 is 17.9 Å². The quantitative estimate of drug-likeness (QED) is 0.598. The second kappa shape index (κ2) is 4.19. The molecular formula is C8H7F3N2O. The third kappa shape index (κ3) is 1.90. The Kier molecular flexibility index (Phi) is 3.19. The van der Waals surface area contributed by atoms with Crippen LogP contribution in [-0.4, -0.2) is 11.3 Å². The van der Waals surface area contributed by atoms with Crippen molar-refractivity contribution in [3.05, 3.63) is 28.8 Å². The highest BCUT2D eigenvalue weighted by Gasteiger charge is 2.17. The predicted molar refractivity (Wildman–Crippen MR) is 42.4 cm³/mol. The minimum Gasteiger partial charge on any atom is -0.326 e. The molecule has 0 aromatic carbocycles. The van der Waals surface area contributed by atoms with E-state index in [9.17, 15) is 18.0 Å². The van der Waals surface area contributed by atoms with E-state index in [1.165, 1.54) is 0 Å². The van der Waals surface area contributed by atoms with Gasteiger partial charge in [0.2, 0.25) is 5.95 Å². The summed E-state index contributed by atoms with van der Waals surface area (Å²) in [6.45, 7) is -0.138. The highest BCUT2D eigenvalue weighted by atomic mass is 19.3. The molecule has 0 fully saturated rings. The zero-order valence-electron chi connectivity index (χ0n) is 7.01. The van der Waals surface area contributed by atoms with Crippen LogP contribution in [0.3, 0.4) is 0 Å². The van der Waals surface area contributed by atoms with E-state index in [0.29, 0.717) is 0 Å². The van der Waals surface area contributed by atoms with E-state index in [4.69, 9.17) is 5.73 Å². The highest BCUT2D eigenvalue weighted by Crippen LogP contribution is 2.22. The summed E-state index contributed by atoms with van der Waals surface area (Å²) in [6, 6.07) is 0.858. The van der Waals surface area contributed by atoms with Crippen LogP contribution in [0, 0.1) is 5.95 Å². The minimum atomic E-state index is -2.96. The summed E-state index contributed by atoms with van der Waals surface area (Å²) < 4.78 is 37.2. The fraction of sp³-hybridized carbons (Fsp3) is 0.250. The van der Waals surface area contributed by atoms with Gasteiger partial charge in [-0.05, 0) is 11.6 Å². The number of aldehydes is 1. The molecule has 6 heteroatoms. The molecule has 2 N–H and O–H groups in total. The van der Waals surface area contributed by atoms with Crippen LogP contribution in [0.5, 0.6) is 0 Å². The first-order valence-electron chi connectivity index (χ1n) is 3.72. The molecule has 3 nitrogen and oxygen atoms in total. The average molecular weight is 204 g/mol. The van der Waals surface area contributed by atoms with Crippen LogP contribution in [0.25, 0.3) is 0 Å². The molecule has 14 heavy (non-hydrogen) atoms. The summed E-state index contributed by atoms with van der Waals surface area (Å²) in [5, 5.41) is 0. The van der Waals surface area contributed by atoms with Gasteiger partial charge in [0.1, 0.15) is 5.69 Å². The standard InChI is InChI=1S/C8H7F3N2O/c9-7(10)5-1-4(2-12)6(3-14)13-8(5)11/h1,3,7H,2,12H2. The lowest BCUT2D eigenvalue weighted by molar-refractivity contribution is 0.111. The molecule has 0 spiro atoms. The Morgan fingerprint density at radius 1 is 1.57 bits per heavy atom. The van der Waals surface area contributed by atoms with Gasteiger partial charge < -0.3 is 5.73 Å². The number of nitrogens with two attached hydrogens (primary N) is 1. The number of rotatable bonds is 3.